The quantitative estimate of drug-likeness (QED) is 0.810. The molecule has 2 N–H and O–H groups in total. The Hall–Kier alpha value is -2.08. The monoisotopic (exact) mass is 281 g/mol. The highest BCUT2D eigenvalue weighted by molar-refractivity contribution is 5.68. The predicted octanol–water partition coefficient (Wildman–Crippen LogP) is 2.66. The van der Waals surface area contributed by atoms with Crippen LogP contribution in [0, 0.1) is 0 Å². The van der Waals surface area contributed by atoms with Gasteiger partial charge in [-0.1, -0.05) is 30.3 Å². The average molecular weight is 281 g/mol. The van der Waals surface area contributed by atoms with Crippen molar-refractivity contribution in [2.45, 2.75) is 38.9 Å². The number of rotatable bonds is 5. The maximum absolute atomic E-state index is 11.5. The van der Waals surface area contributed by atoms with Gasteiger partial charge < -0.3 is 9.84 Å². The Labute approximate surface area is 117 Å². The molecule has 0 fully saturated rings. The topological polar surface area (TPSA) is 84.9 Å². The van der Waals surface area contributed by atoms with Crippen LogP contribution in [-0.2, 0) is 14.4 Å². The van der Waals surface area contributed by atoms with Gasteiger partial charge >= 0.3 is 12.1 Å². The Morgan fingerprint density at radius 1 is 1.25 bits per heavy atom. The van der Waals surface area contributed by atoms with Gasteiger partial charge in [-0.3, -0.25) is 9.63 Å². The molecule has 6 heteroatoms. The first-order valence-electron chi connectivity index (χ1n) is 6.19. The van der Waals surface area contributed by atoms with E-state index in [2.05, 4.69) is 5.48 Å². The summed E-state index contributed by atoms with van der Waals surface area (Å²) in [5.41, 5.74) is 2.13. The summed E-state index contributed by atoms with van der Waals surface area (Å²) in [4.78, 5) is 27.4. The van der Waals surface area contributed by atoms with Gasteiger partial charge in [0.05, 0.1) is 6.42 Å². The van der Waals surface area contributed by atoms with Gasteiger partial charge in [-0.05, 0) is 26.3 Å². The van der Waals surface area contributed by atoms with Gasteiger partial charge in [0.25, 0.3) is 0 Å². The fourth-order valence-electron chi connectivity index (χ4n) is 1.47. The van der Waals surface area contributed by atoms with E-state index < -0.39 is 23.8 Å². The van der Waals surface area contributed by atoms with E-state index >= 15 is 0 Å². The van der Waals surface area contributed by atoms with Crippen LogP contribution < -0.4 is 5.48 Å². The van der Waals surface area contributed by atoms with E-state index in [0.717, 1.165) is 0 Å². The third kappa shape index (κ3) is 6.19. The summed E-state index contributed by atoms with van der Waals surface area (Å²) in [6.07, 6.45) is -1.80. The van der Waals surface area contributed by atoms with E-state index in [1.807, 2.05) is 6.07 Å². The molecule has 1 amide bonds. The van der Waals surface area contributed by atoms with E-state index in [1.165, 1.54) is 0 Å². The Bertz CT molecular complexity index is 452. The predicted molar refractivity (Wildman–Crippen MR) is 71.9 cm³/mol. The first kappa shape index (κ1) is 16.0. The van der Waals surface area contributed by atoms with Crippen molar-refractivity contribution in [1.82, 2.24) is 5.48 Å². The van der Waals surface area contributed by atoms with Gasteiger partial charge in [-0.25, -0.2) is 4.79 Å². The summed E-state index contributed by atoms with van der Waals surface area (Å²) in [7, 11) is 0. The van der Waals surface area contributed by atoms with E-state index in [9.17, 15) is 9.59 Å². The Morgan fingerprint density at radius 2 is 1.85 bits per heavy atom. The van der Waals surface area contributed by atoms with Crippen LogP contribution in [0.15, 0.2) is 30.3 Å². The third-order valence-corrected chi connectivity index (χ3v) is 2.21. The molecule has 0 aliphatic rings. The molecule has 1 aromatic rings. The zero-order chi connectivity index (χ0) is 15.2. The Kier molecular flexibility index (Phi) is 5.52. The highest BCUT2D eigenvalue weighted by Gasteiger charge is 2.20. The van der Waals surface area contributed by atoms with Crippen LogP contribution in [0.25, 0.3) is 0 Å². The van der Waals surface area contributed by atoms with Gasteiger partial charge in [0, 0.05) is 0 Å². The normalized spacial score (nSPS) is 12.6. The second-order valence-corrected chi connectivity index (χ2v) is 5.22. The number of hydrogen-bond acceptors (Lipinski definition) is 4. The van der Waals surface area contributed by atoms with Crippen LogP contribution in [0.2, 0.25) is 0 Å². The number of carboxylic acid groups (broad SMARTS) is 1. The van der Waals surface area contributed by atoms with Crippen molar-refractivity contribution in [3.8, 4) is 0 Å². The number of amides is 1. The van der Waals surface area contributed by atoms with E-state index in [1.54, 1.807) is 45.0 Å². The molecule has 1 unspecified atom stereocenters. The number of carboxylic acids is 1. The number of carbonyl (C=O) groups is 2. The average Bonchev–Trinajstić information content (AvgIpc) is 2.33. The lowest BCUT2D eigenvalue weighted by Gasteiger charge is -2.21. The summed E-state index contributed by atoms with van der Waals surface area (Å²) in [5.74, 6) is -1.02. The minimum absolute atomic E-state index is 0.264. The zero-order valence-electron chi connectivity index (χ0n) is 11.8. The van der Waals surface area contributed by atoms with Crippen LogP contribution in [0.4, 0.5) is 4.79 Å². The fourth-order valence-corrected chi connectivity index (χ4v) is 1.47. The second kappa shape index (κ2) is 6.91. The standard InChI is InChI=1S/C14H19NO5/c1-14(2,3)19-13(18)15-20-11(9-12(16)17)10-7-5-4-6-8-10/h4-8,11H,9H2,1-3H3,(H,15,18)(H,16,17). The molecule has 0 bridgehead atoms. The largest absolute Gasteiger partial charge is 0.481 e. The number of ether oxygens (including phenoxy) is 1. The molecule has 0 aromatic heterocycles. The van der Waals surface area contributed by atoms with Gasteiger partial charge in [0.15, 0.2) is 0 Å². The highest BCUT2D eigenvalue weighted by atomic mass is 16.7. The SMILES string of the molecule is CC(C)(C)OC(=O)NOC(CC(=O)O)c1ccccc1. The molecule has 20 heavy (non-hydrogen) atoms. The van der Waals surface area contributed by atoms with E-state index in [-0.39, 0.29) is 6.42 Å². The van der Waals surface area contributed by atoms with Gasteiger partial charge in [-0.2, -0.15) is 5.48 Å². The lowest BCUT2D eigenvalue weighted by molar-refractivity contribution is -0.142. The lowest BCUT2D eigenvalue weighted by atomic mass is 10.1. The maximum atomic E-state index is 11.5. The summed E-state index contributed by atoms with van der Waals surface area (Å²) in [5, 5.41) is 8.87. The van der Waals surface area contributed by atoms with Crippen molar-refractivity contribution in [2.75, 3.05) is 0 Å². The highest BCUT2D eigenvalue weighted by Crippen LogP contribution is 2.20. The minimum Gasteiger partial charge on any atom is -0.481 e. The number of hydrogen-bond donors (Lipinski definition) is 2. The van der Waals surface area contributed by atoms with Crippen molar-refractivity contribution < 1.29 is 24.3 Å². The molecule has 1 rings (SSSR count). The first-order valence-corrected chi connectivity index (χ1v) is 6.19. The molecule has 110 valence electrons. The number of benzene rings is 1. The fraction of sp³-hybridized carbons (Fsp3) is 0.429. The second-order valence-electron chi connectivity index (χ2n) is 5.22. The summed E-state index contributed by atoms with van der Waals surface area (Å²) in [6.45, 7) is 5.16. The van der Waals surface area contributed by atoms with Crippen molar-refractivity contribution in [2.24, 2.45) is 0 Å². The molecule has 1 aromatic carbocycles. The van der Waals surface area contributed by atoms with Gasteiger partial charge in [-0.15, -0.1) is 0 Å². The summed E-state index contributed by atoms with van der Waals surface area (Å²) < 4.78 is 5.01. The van der Waals surface area contributed by atoms with Crippen molar-refractivity contribution in [3.05, 3.63) is 35.9 Å². The Balaban J connectivity index is 2.63. The van der Waals surface area contributed by atoms with E-state index in [0.29, 0.717) is 5.56 Å². The molecule has 0 aliphatic carbocycles. The molecule has 6 nitrogen and oxygen atoms in total. The van der Waals surface area contributed by atoms with Crippen molar-refractivity contribution in [3.63, 3.8) is 0 Å². The molecule has 0 spiro atoms. The van der Waals surface area contributed by atoms with Crippen LogP contribution in [0.3, 0.4) is 0 Å². The van der Waals surface area contributed by atoms with Crippen LogP contribution in [0.5, 0.6) is 0 Å². The van der Waals surface area contributed by atoms with Crippen LogP contribution >= 0.6 is 0 Å². The van der Waals surface area contributed by atoms with Gasteiger partial charge in [0.2, 0.25) is 0 Å². The number of nitrogens with one attached hydrogen (secondary N) is 1. The molecule has 0 saturated heterocycles. The van der Waals surface area contributed by atoms with Gasteiger partial charge in [0.1, 0.15) is 11.7 Å². The van der Waals surface area contributed by atoms with Crippen molar-refractivity contribution >= 4 is 12.1 Å². The number of carbonyl (C=O) groups excluding carboxylic acids is 1. The summed E-state index contributed by atoms with van der Waals surface area (Å²) in [6, 6.07) is 8.79. The number of aliphatic carboxylic acids is 1. The molecule has 0 heterocycles. The molecule has 0 aliphatic heterocycles. The van der Waals surface area contributed by atoms with E-state index in [4.69, 9.17) is 14.7 Å². The molecular weight excluding hydrogens is 262 g/mol. The molecule has 0 radical (unpaired) electrons. The molecule has 1 atom stereocenters. The van der Waals surface area contributed by atoms with Crippen LogP contribution in [0.1, 0.15) is 38.9 Å². The molecule has 0 saturated carbocycles. The zero-order valence-corrected chi connectivity index (χ0v) is 11.8. The summed E-state index contributed by atoms with van der Waals surface area (Å²) >= 11 is 0. The van der Waals surface area contributed by atoms with Crippen molar-refractivity contribution in [1.29, 1.82) is 0 Å². The number of hydroxylamine groups is 1. The lowest BCUT2D eigenvalue weighted by Crippen LogP contribution is -2.33. The third-order valence-electron chi connectivity index (χ3n) is 2.21. The smallest absolute Gasteiger partial charge is 0.431 e. The first-order chi connectivity index (χ1) is 9.28. The molecular formula is C14H19NO5. The van der Waals surface area contributed by atoms with Crippen LogP contribution in [-0.4, -0.2) is 22.8 Å². The minimum atomic E-state index is -1.02. The Morgan fingerprint density at radius 3 is 2.35 bits per heavy atom. The maximum Gasteiger partial charge on any atom is 0.431 e.